The molecule has 0 radical (unpaired) electrons. The third-order valence-corrected chi connectivity index (χ3v) is 4.65. The lowest BCUT2D eigenvalue weighted by Crippen LogP contribution is -2.32. The number of anilines is 1. The lowest BCUT2D eigenvalue weighted by molar-refractivity contribution is 0.225. The number of fused-ring (bicyclic) bond motifs is 1. The van der Waals surface area contributed by atoms with Crippen molar-refractivity contribution in [2.45, 2.75) is 19.4 Å². The van der Waals surface area contributed by atoms with Crippen LogP contribution in [0.5, 0.6) is 0 Å². The Morgan fingerprint density at radius 2 is 2.17 bits per heavy atom. The summed E-state index contributed by atoms with van der Waals surface area (Å²) in [5, 5.41) is 1.18. The SMILES string of the molecule is C[C@@H](c1nccc(N)n1)N1CC=C(c2c[nH]c3ncccc23)CC1. The summed E-state index contributed by atoms with van der Waals surface area (Å²) in [5.74, 6) is 1.30. The van der Waals surface area contributed by atoms with Gasteiger partial charge in [-0.15, -0.1) is 0 Å². The summed E-state index contributed by atoms with van der Waals surface area (Å²) in [6, 6.07) is 5.96. The highest BCUT2D eigenvalue weighted by molar-refractivity contribution is 5.90. The zero-order valence-corrected chi connectivity index (χ0v) is 13.6. The summed E-state index contributed by atoms with van der Waals surface area (Å²) in [4.78, 5) is 18.7. The van der Waals surface area contributed by atoms with E-state index in [1.165, 1.54) is 16.5 Å². The Labute approximate surface area is 140 Å². The van der Waals surface area contributed by atoms with Crippen molar-refractivity contribution < 1.29 is 0 Å². The van der Waals surface area contributed by atoms with Gasteiger partial charge < -0.3 is 10.7 Å². The standard InChI is InChI=1S/C18H20N6/c1-12(17-21-8-4-16(19)23-17)24-9-5-13(6-10-24)15-11-22-18-14(15)3-2-7-20-18/h2-5,7-8,11-12H,6,9-10H2,1H3,(H,20,22)(H2,19,21,23)/t12-/m0/s1. The molecule has 4 heterocycles. The number of hydrogen-bond acceptors (Lipinski definition) is 5. The molecule has 3 aromatic heterocycles. The molecule has 1 aliphatic rings. The number of rotatable bonds is 3. The Hall–Kier alpha value is -2.73. The molecule has 24 heavy (non-hydrogen) atoms. The van der Waals surface area contributed by atoms with E-state index >= 15 is 0 Å². The van der Waals surface area contributed by atoms with Crippen molar-refractivity contribution in [2.24, 2.45) is 0 Å². The molecule has 4 rings (SSSR count). The predicted molar refractivity (Wildman–Crippen MR) is 95.1 cm³/mol. The number of nitrogens with one attached hydrogen (secondary N) is 1. The summed E-state index contributed by atoms with van der Waals surface area (Å²) in [5.41, 5.74) is 9.34. The number of nitrogens with two attached hydrogens (primary N) is 1. The van der Waals surface area contributed by atoms with E-state index in [9.17, 15) is 0 Å². The molecule has 6 nitrogen and oxygen atoms in total. The van der Waals surface area contributed by atoms with E-state index in [-0.39, 0.29) is 6.04 Å². The van der Waals surface area contributed by atoms with Crippen molar-refractivity contribution in [3.63, 3.8) is 0 Å². The minimum absolute atomic E-state index is 0.149. The molecule has 0 saturated heterocycles. The fourth-order valence-electron chi connectivity index (χ4n) is 3.26. The molecule has 3 N–H and O–H groups in total. The van der Waals surface area contributed by atoms with Gasteiger partial charge in [-0.05, 0) is 37.1 Å². The van der Waals surface area contributed by atoms with Crippen molar-refractivity contribution in [2.75, 3.05) is 18.8 Å². The number of aromatic amines is 1. The zero-order chi connectivity index (χ0) is 16.5. The number of H-pyrrole nitrogens is 1. The number of hydrogen-bond donors (Lipinski definition) is 2. The third kappa shape index (κ3) is 2.65. The first-order valence-electron chi connectivity index (χ1n) is 8.16. The molecular formula is C18H20N6. The molecule has 122 valence electrons. The van der Waals surface area contributed by atoms with Crippen molar-refractivity contribution in [3.05, 3.63) is 54.3 Å². The Balaban J connectivity index is 1.55. The van der Waals surface area contributed by atoms with Gasteiger partial charge in [0.05, 0.1) is 6.04 Å². The predicted octanol–water partition coefficient (Wildman–Crippen LogP) is 2.79. The molecule has 0 bridgehead atoms. The van der Waals surface area contributed by atoms with E-state index in [0.29, 0.717) is 5.82 Å². The summed E-state index contributed by atoms with van der Waals surface area (Å²) in [7, 11) is 0. The van der Waals surface area contributed by atoms with Crippen LogP contribution in [0.25, 0.3) is 16.6 Å². The van der Waals surface area contributed by atoms with Crippen LogP contribution in [0.1, 0.15) is 30.8 Å². The van der Waals surface area contributed by atoms with Crippen LogP contribution in [0.4, 0.5) is 5.82 Å². The maximum absolute atomic E-state index is 5.77. The van der Waals surface area contributed by atoms with Crippen LogP contribution in [-0.4, -0.2) is 37.9 Å². The van der Waals surface area contributed by atoms with E-state index in [1.807, 2.05) is 12.3 Å². The van der Waals surface area contributed by atoms with E-state index in [1.54, 1.807) is 12.3 Å². The molecule has 0 amide bonds. The van der Waals surface area contributed by atoms with Crippen molar-refractivity contribution in [3.8, 4) is 0 Å². The summed E-state index contributed by atoms with van der Waals surface area (Å²) in [6.45, 7) is 3.98. The maximum atomic E-state index is 5.77. The molecule has 0 spiro atoms. The lowest BCUT2D eigenvalue weighted by atomic mass is 9.99. The highest BCUT2D eigenvalue weighted by Gasteiger charge is 2.22. The van der Waals surface area contributed by atoms with Crippen LogP contribution in [0.2, 0.25) is 0 Å². The fraction of sp³-hybridized carbons (Fsp3) is 0.278. The lowest BCUT2D eigenvalue weighted by Gasteiger charge is -2.30. The van der Waals surface area contributed by atoms with Crippen LogP contribution in [0, 0.1) is 0 Å². The van der Waals surface area contributed by atoms with Gasteiger partial charge in [0.1, 0.15) is 17.3 Å². The highest BCUT2D eigenvalue weighted by atomic mass is 15.2. The second-order valence-corrected chi connectivity index (χ2v) is 6.09. The monoisotopic (exact) mass is 320 g/mol. The normalized spacial score (nSPS) is 17.0. The van der Waals surface area contributed by atoms with Crippen LogP contribution >= 0.6 is 0 Å². The molecular weight excluding hydrogens is 300 g/mol. The molecule has 0 saturated carbocycles. The van der Waals surface area contributed by atoms with Crippen molar-refractivity contribution in [1.82, 2.24) is 24.8 Å². The molecule has 0 unspecified atom stereocenters. The van der Waals surface area contributed by atoms with Gasteiger partial charge in [-0.1, -0.05) is 6.08 Å². The molecule has 3 aromatic rings. The third-order valence-electron chi connectivity index (χ3n) is 4.65. The first kappa shape index (κ1) is 14.8. The van der Waals surface area contributed by atoms with Gasteiger partial charge in [0.2, 0.25) is 0 Å². The number of nitrogen functional groups attached to an aromatic ring is 1. The number of pyridine rings is 1. The van der Waals surface area contributed by atoms with E-state index < -0.39 is 0 Å². The number of aromatic nitrogens is 4. The average molecular weight is 320 g/mol. The highest BCUT2D eigenvalue weighted by Crippen LogP contribution is 2.30. The Kier molecular flexibility index (Phi) is 3.74. The van der Waals surface area contributed by atoms with Gasteiger partial charge in [0, 0.05) is 42.6 Å². The van der Waals surface area contributed by atoms with Crippen molar-refractivity contribution in [1.29, 1.82) is 0 Å². The number of nitrogens with zero attached hydrogens (tertiary/aromatic N) is 4. The van der Waals surface area contributed by atoms with E-state index in [0.717, 1.165) is 31.0 Å². The molecule has 6 heteroatoms. The van der Waals surface area contributed by atoms with Gasteiger partial charge in [-0.2, -0.15) is 0 Å². The van der Waals surface area contributed by atoms with Gasteiger partial charge in [-0.3, -0.25) is 4.90 Å². The maximum Gasteiger partial charge on any atom is 0.147 e. The summed E-state index contributed by atoms with van der Waals surface area (Å²) >= 11 is 0. The Morgan fingerprint density at radius 3 is 2.96 bits per heavy atom. The smallest absolute Gasteiger partial charge is 0.147 e. The second kappa shape index (κ2) is 6.05. The van der Waals surface area contributed by atoms with Crippen LogP contribution in [0.3, 0.4) is 0 Å². The molecule has 0 fully saturated rings. The fourth-order valence-corrected chi connectivity index (χ4v) is 3.26. The van der Waals surface area contributed by atoms with Crippen LogP contribution in [0.15, 0.2) is 42.9 Å². The van der Waals surface area contributed by atoms with Gasteiger partial charge in [0.25, 0.3) is 0 Å². The minimum Gasteiger partial charge on any atom is -0.384 e. The first-order chi connectivity index (χ1) is 11.7. The molecule has 1 atom stereocenters. The average Bonchev–Trinajstić information content (AvgIpc) is 3.05. The largest absolute Gasteiger partial charge is 0.384 e. The van der Waals surface area contributed by atoms with E-state index in [2.05, 4.69) is 50.1 Å². The topological polar surface area (TPSA) is 83.7 Å². The second-order valence-electron chi connectivity index (χ2n) is 6.09. The van der Waals surface area contributed by atoms with Crippen LogP contribution in [-0.2, 0) is 0 Å². The van der Waals surface area contributed by atoms with E-state index in [4.69, 9.17) is 5.73 Å². The Bertz CT molecular complexity index is 897. The van der Waals surface area contributed by atoms with Gasteiger partial charge >= 0.3 is 0 Å². The summed E-state index contributed by atoms with van der Waals surface area (Å²) in [6.07, 6.45) is 8.88. The first-order valence-corrected chi connectivity index (χ1v) is 8.16. The van der Waals surface area contributed by atoms with Gasteiger partial charge in [0.15, 0.2) is 0 Å². The van der Waals surface area contributed by atoms with Crippen LogP contribution < -0.4 is 5.73 Å². The zero-order valence-electron chi connectivity index (χ0n) is 13.6. The quantitative estimate of drug-likeness (QED) is 0.775. The minimum atomic E-state index is 0.149. The van der Waals surface area contributed by atoms with Crippen molar-refractivity contribution >= 4 is 22.4 Å². The van der Waals surface area contributed by atoms with Gasteiger partial charge in [-0.25, -0.2) is 15.0 Å². The molecule has 1 aliphatic heterocycles. The molecule has 0 aromatic carbocycles. The molecule has 0 aliphatic carbocycles. The Morgan fingerprint density at radius 1 is 1.25 bits per heavy atom. The summed E-state index contributed by atoms with van der Waals surface area (Å²) < 4.78 is 0.